The second kappa shape index (κ2) is 16.5. The maximum atomic E-state index is 2.78. The van der Waals surface area contributed by atoms with Crippen LogP contribution in [0.3, 0.4) is 0 Å². The van der Waals surface area contributed by atoms with Gasteiger partial charge in [0.05, 0.1) is 0 Å². The van der Waals surface area contributed by atoms with Crippen molar-refractivity contribution in [2.24, 2.45) is 0 Å². The maximum absolute atomic E-state index is 2.78. The Balaban J connectivity index is 3.10. The number of unbranched alkanes of at least 4 members (excludes halogenated alkanes) is 10. The predicted molar refractivity (Wildman–Crippen MR) is 90.4 cm³/mol. The summed E-state index contributed by atoms with van der Waals surface area (Å²) in [6.45, 7) is 4.60. The van der Waals surface area contributed by atoms with E-state index >= 15 is 0 Å². The number of halogens is 1. The zero-order chi connectivity index (χ0) is 13.5. The van der Waals surface area contributed by atoms with Crippen molar-refractivity contribution in [1.82, 2.24) is 0 Å². The molecule has 0 bridgehead atoms. The average Bonchev–Trinajstić information content (AvgIpc) is 2.38. The molecular formula is C16H34AgI. The first-order chi connectivity index (χ1) is 8.81. The van der Waals surface area contributed by atoms with Crippen LogP contribution in [0, 0.1) is 0 Å². The van der Waals surface area contributed by atoms with Gasteiger partial charge in [0.1, 0.15) is 0 Å². The third-order valence-corrected chi connectivity index (χ3v) is 9.75. The molecule has 0 fully saturated rings. The first-order valence-electron chi connectivity index (χ1n) is 7.95. The van der Waals surface area contributed by atoms with Gasteiger partial charge >= 0.3 is 134 Å². The Hall–Kier alpha value is 1.47. The van der Waals surface area contributed by atoms with Crippen LogP contribution in [0.1, 0.15) is 90.9 Å². The van der Waals surface area contributed by atoms with Crippen molar-refractivity contribution in [2.45, 2.75) is 100 Å². The Morgan fingerprint density at radius 1 is 0.556 bits per heavy atom. The van der Waals surface area contributed by atoms with Crippen molar-refractivity contribution in [2.75, 3.05) is 0 Å². The fourth-order valence-corrected chi connectivity index (χ4v) is 6.99. The van der Waals surface area contributed by atoms with Crippen LogP contribution in [-0.2, 0) is 14.6 Å². The summed E-state index contributed by atoms with van der Waals surface area (Å²) in [5.41, 5.74) is 0. The van der Waals surface area contributed by atoms with Gasteiger partial charge < -0.3 is 0 Å². The van der Waals surface area contributed by atoms with Crippen molar-refractivity contribution in [3.8, 4) is 0 Å². The molecule has 0 saturated carbocycles. The molecule has 0 aliphatic heterocycles. The van der Waals surface area contributed by atoms with Crippen LogP contribution in [-0.4, -0.2) is 0 Å². The van der Waals surface area contributed by atoms with Crippen LogP contribution < -0.4 is 0 Å². The molecule has 0 atom stereocenters. The quantitative estimate of drug-likeness (QED) is 0.143. The summed E-state index contributed by atoms with van der Waals surface area (Å²) in [7, 11) is 0. The molecule has 116 valence electrons. The zero-order valence-corrected chi connectivity index (χ0v) is 16.2. The van der Waals surface area contributed by atoms with Gasteiger partial charge in [0, 0.05) is 0 Å². The Bertz CT molecular complexity index is 134. The predicted octanol–water partition coefficient (Wildman–Crippen LogP) is 7.51. The van der Waals surface area contributed by atoms with Crippen LogP contribution in [0.15, 0.2) is 0 Å². The van der Waals surface area contributed by atoms with Crippen molar-refractivity contribution >= 4 is 19.0 Å². The topological polar surface area (TPSA) is 0 Å². The van der Waals surface area contributed by atoms with E-state index in [2.05, 4.69) is 32.9 Å². The molecule has 0 N–H and O–H groups in total. The summed E-state index contributed by atoms with van der Waals surface area (Å²) in [4.78, 5) is 0. The van der Waals surface area contributed by atoms with Gasteiger partial charge in [-0.1, -0.05) is 0 Å². The fourth-order valence-electron chi connectivity index (χ4n) is 2.02. The third kappa shape index (κ3) is 15.5. The van der Waals surface area contributed by atoms with E-state index in [1.54, 1.807) is 9.28 Å². The van der Waals surface area contributed by atoms with Gasteiger partial charge in [-0.05, 0) is 0 Å². The van der Waals surface area contributed by atoms with Crippen molar-refractivity contribution in [1.29, 1.82) is 0 Å². The van der Waals surface area contributed by atoms with E-state index in [4.69, 9.17) is 0 Å². The first-order valence-corrected chi connectivity index (χ1v) is 14.5. The Morgan fingerprint density at radius 2 is 0.889 bits per heavy atom. The van der Waals surface area contributed by atoms with E-state index in [-0.39, 0.29) is 14.6 Å². The van der Waals surface area contributed by atoms with E-state index in [9.17, 15) is 0 Å². The summed E-state index contributed by atoms with van der Waals surface area (Å²) in [6, 6.07) is 0. The van der Waals surface area contributed by atoms with Gasteiger partial charge in [-0.25, -0.2) is 0 Å². The molecular weight excluding hydrogens is 427 g/mol. The molecule has 0 aliphatic rings. The molecule has 0 aliphatic carbocycles. The van der Waals surface area contributed by atoms with Crippen molar-refractivity contribution < 1.29 is 14.6 Å². The summed E-state index contributed by atoms with van der Waals surface area (Å²) in [5.74, 6) is 0. The first kappa shape index (κ1) is 19.5. The summed E-state index contributed by atoms with van der Waals surface area (Å²) >= 11 is 2.76. The minimum atomic E-state index is -0.0185. The van der Waals surface area contributed by atoms with Gasteiger partial charge in [0.2, 0.25) is 0 Å². The SMILES string of the molecule is CCCCCCC[CH2][Ag]([I])[CH2]CCCCCCC. The van der Waals surface area contributed by atoms with Crippen molar-refractivity contribution in [3.63, 3.8) is 0 Å². The summed E-state index contributed by atoms with van der Waals surface area (Å²) in [6.07, 6.45) is 17.6. The Labute approximate surface area is 133 Å². The molecule has 0 spiro atoms. The number of hydrogen-bond acceptors (Lipinski definition) is 0. The van der Waals surface area contributed by atoms with Gasteiger partial charge in [-0.2, -0.15) is 0 Å². The third-order valence-electron chi connectivity index (χ3n) is 3.25. The molecule has 0 saturated heterocycles. The van der Waals surface area contributed by atoms with Gasteiger partial charge in [-0.3, -0.25) is 0 Å². The van der Waals surface area contributed by atoms with E-state index in [1.807, 2.05) is 0 Å². The number of hydrogen-bond donors (Lipinski definition) is 0. The summed E-state index contributed by atoms with van der Waals surface area (Å²) < 4.78 is 3.13. The Morgan fingerprint density at radius 3 is 1.28 bits per heavy atom. The van der Waals surface area contributed by atoms with Gasteiger partial charge in [0.15, 0.2) is 0 Å². The number of rotatable bonds is 14. The van der Waals surface area contributed by atoms with E-state index < -0.39 is 0 Å². The molecule has 0 aromatic rings. The second-order valence-corrected chi connectivity index (χ2v) is 13.6. The molecule has 0 amide bonds. The molecule has 0 unspecified atom stereocenters. The molecule has 2 heteroatoms. The molecule has 0 radical (unpaired) electrons. The Kier molecular flexibility index (Phi) is 17.9. The second-order valence-electron chi connectivity index (χ2n) is 5.15. The van der Waals surface area contributed by atoms with Crippen molar-refractivity contribution in [3.05, 3.63) is 0 Å². The molecule has 0 rings (SSSR count). The minimum absolute atomic E-state index is 0.0185. The molecule has 0 nitrogen and oxygen atoms in total. The van der Waals surface area contributed by atoms with Crippen LogP contribution >= 0.6 is 19.0 Å². The van der Waals surface area contributed by atoms with E-state index in [1.165, 1.54) is 77.0 Å². The molecule has 0 aromatic carbocycles. The van der Waals surface area contributed by atoms with Gasteiger partial charge in [0.25, 0.3) is 0 Å². The molecule has 18 heavy (non-hydrogen) atoms. The monoisotopic (exact) mass is 460 g/mol. The zero-order valence-electron chi connectivity index (χ0n) is 12.6. The van der Waals surface area contributed by atoms with Crippen LogP contribution in [0.4, 0.5) is 0 Å². The average molecular weight is 461 g/mol. The summed E-state index contributed by atoms with van der Waals surface area (Å²) in [5, 5.41) is 0. The van der Waals surface area contributed by atoms with Crippen LogP contribution in [0.2, 0.25) is 9.28 Å². The van der Waals surface area contributed by atoms with Crippen LogP contribution in [0.5, 0.6) is 0 Å². The normalized spacial score (nSPS) is 11.8. The molecule has 0 heterocycles. The fraction of sp³-hybridized carbons (Fsp3) is 1.00. The van der Waals surface area contributed by atoms with E-state index in [0.717, 1.165) is 0 Å². The standard InChI is InChI=1S/2C8H17.Ag.HI/c2*1-3-5-7-8-6-4-2;;/h2*1,3-8H2,2H3;;1H/q;;+1;/p-1. The van der Waals surface area contributed by atoms with Gasteiger partial charge in [-0.15, -0.1) is 0 Å². The van der Waals surface area contributed by atoms with Crippen LogP contribution in [0.25, 0.3) is 0 Å². The molecule has 0 aromatic heterocycles. The van der Waals surface area contributed by atoms with E-state index in [0.29, 0.717) is 0 Å².